The maximum absolute atomic E-state index is 11.6. The van der Waals surface area contributed by atoms with Gasteiger partial charge in [-0.1, -0.05) is 20.8 Å². The zero-order valence-corrected chi connectivity index (χ0v) is 9.70. The SMILES string of the molecule is CC(C)(C)c1nc2c(s1)C(=O)CCC2. The van der Waals surface area contributed by atoms with Crippen LogP contribution >= 0.6 is 11.3 Å². The molecule has 76 valence electrons. The molecule has 0 radical (unpaired) electrons. The topological polar surface area (TPSA) is 30.0 Å². The Labute approximate surface area is 88.4 Å². The van der Waals surface area contributed by atoms with Crippen LogP contribution in [0.15, 0.2) is 0 Å². The van der Waals surface area contributed by atoms with E-state index >= 15 is 0 Å². The van der Waals surface area contributed by atoms with Crippen molar-refractivity contribution in [1.29, 1.82) is 0 Å². The Morgan fingerprint density at radius 3 is 2.57 bits per heavy atom. The second-order valence-corrected chi connectivity index (χ2v) is 5.82. The average Bonchev–Trinajstić information content (AvgIpc) is 2.48. The molecule has 1 heterocycles. The lowest BCUT2D eigenvalue weighted by Gasteiger charge is -2.13. The van der Waals surface area contributed by atoms with E-state index in [4.69, 9.17) is 0 Å². The third-order valence-corrected chi connectivity index (χ3v) is 3.97. The van der Waals surface area contributed by atoms with Crippen molar-refractivity contribution in [3.63, 3.8) is 0 Å². The van der Waals surface area contributed by atoms with Gasteiger partial charge in [0.1, 0.15) is 0 Å². The largest absolute Gasteiger partial charge is 0.293 e. The van der Waals surface area contributed by atoms with Gasteiger partial charge in [-0.3, -0.25) is 4.79 Å². The van der Waals surface area contributed by atoms with Crippen LogP contribution in [0.25, 0.3) is 0 Å². The molecule has 0 aliphatic heterocycles. The van der Waals surface area contributed by atoms with E-state index in [0.717, 1.165) is 28.4 Å². The summed E-state index contributed by atoms with van der Waals surface area (Å²) in [7, 11) is 0. The van der Waals surface area contributed by atoms with Gasteiger partial charge in [-0.25, -0.2) is 4.98 Å². The van der Waals surface area contributed by atoms with Crippen molar-refractivity contribution in [1.82, 2.24) is 4.98 Å². The van der Waals surface area contributed by atoms with Crippen molar-refractivity contribution in [3.05, 3.63) is 15.6 Å². The fourth-order valence-corrected chi connectivity index (χ4v) is 2.73. The average molecular weight is 209 g/mol. The summed E-state index contributed by atoms with van der Waals surface area (Å²) in [6.45, 7) is 6.42. The van der Waals surface area contributed by atoms with Crippen molar-refractivity contribution < 1.29 is 4.79 Å². The summed E-state index contributed by atoms with van der Waals surface area (Å²) in [6, 6.07) is 0. The number of hydrogen-bond acceptors (Lipinski definition) is 3. The molecule has 2 nitrogen and oxygen atoms in total. The minimum absolute atomic E-state index is 0.0717. The summed E-state index contributed by atoms with van der Waals surface area (Å²) in [5, 5.41) is 1.10. The van der Waals surface area contributed by atoms with Gasteiger partial charge in [0.2, 0.25) is 0 Å². The number of thiazole rings is 1. The summed E-state index contributed by atoms with van der Waals surface area (Å²) >= 11 is 1.59. The second kappa shape index (κ2) is 3.16. The monoisotopic (exact) mass is 209 g/mol. The van der Waals surface area contributed by atoms with Gasteiger partial charge in [-0.2, -0.15) is 0 Å². The number of aryl methyl sites for hydroxylation is 1. The molecule has 0 amide bonds. The first-order valence-corrected chi connectivity index (χ1v) is 5.83. The van der Waals surface area contributed by atoms with Crippen LogP contribution in [-0.2, 0) is 11.8 Å². The number of hydrogen-bond donors (Lipinski definition) is 0. The number of carbonyl (C=O) groups excluding carboxylic acids is 1. The van der Waals surface area contributed by atoms with Crippen molar-refractivity contribution in [2.24, 2.45) is 0 Å². The molecule has 0 aromatic carbocycles. The van der Waals surface area contributed by atoms with Crippen LogP contribution in [0.1, 0.15) is 54.0 Å². The van der Waals surface area contributed by atoms with Crippen molar-refractivity contribution in [2.75, 3.05) is 0 Å². The van der Waals surface area contributed by atoms with Gasteiger partial charge in [0.25, 0.3) is 0 Å². The fraction of sp³-hybridized carbons (Fsp3) is 0.636. The van der Waals surface area contributed by atoms with Gasteiger partial charge in [0.05, 0.1) is 15.6 Å². The zero-order chi connectivity index (χ0) is 10.3. The maximum Gasteiger partial charge on any atom is 0.174 e. The van der Waals surface area contributed by atoms with Gasteiger partial charge < -0.3 is 0 Å². The molecule has 2 rings (SSSR count). The van der Waals surface area contributed by atoms with Crippen LogP contribution in [0.3, 0.4) is 0 Å². The lowest BCUT2D eigenvalue weighted by atomic mass is 9.97. The van der Waals surface area contributed by atoms with E-state index in [0.29, 0.717) is 12.2 Å². The van der Waals surface area contributed by atoms with E-state index in [1.54, 1.807) is 11.3 Å². The highest BCUT2D eigenvalue weighted by atomic mass is 32.1. The molecule has 1 aliphatic rings. The van der Waals surface area contributed by atoms with Crippen LogP contribution in [0.2, 0.25) is 0 Å². The van der Waals surface area contributed by atoms with Gasteiger partial charge in [0.15, 0.2) is 5.78 Å². The molecule has 0 fully saturated rings. The number of rotatable bonds is 0. The molecule has 14 heavy (non-hydrogen) atoms. The Morgan fingerprint density at radius 1 is 1.29 bits per heavy atom. The summed E-state index contributed by atoms with van der Waals surface area (Å²) in [5.41, 5.74) is 1.11. The maximum atomic E-state index is 11.6. The molecule has 0 saturated carbocycles. The lowest BCUT2D eigenvalue weighted by Crippen LogP contribution is -2.10. The van der Waals surface area contributed by atoms with Crippen LogP contribution in [0.4, 0.5) is 0 Å². The first-order valence-electron chi connectivity index (χ1n) is 5.02. The van der Waals surface area contributed by atoms with Crippen molar-refractivity contribution >= 4 is 17.1 Å². The summed E-state index contributed by atoms with van der Waals surface area (Å²) < 4.78 is 0. The van der Waals surface area contributed by atoms with Crippen LogP contribution in [0.5, 0.6) is 0 Å². The molecule has 0 N–H and O–H groups in total. The third-order valence-electron chi connectivity index (χ3n) is 2.41. The summed E-state index contributed by atoms with van der Waals surface area (Å²) in [6.07, 6.45) is 2.66. The molecule has 0 saturated heterocycles. The Morgan fingerprint density at radius 2 is 2.00 bits per heavy atom. The number of Topliss-reactive ketones (excluding diaryl/α,β-unsaturated/α-hetero) is 1. The molecule has 0 bridgehead atoms. The molecule has 0 atom stereocenters. The van der Waals surface area contributed by atoms with Gasteiger partial charge >= 0.3 is 0 Å². The van der Waals surface area contributed by atoms with E-state index < -0.39 is 0 Å². The van der Waals surface area contributed by atoms with E-state index in [9.17, 15) is 4.79 Å². The van der Waals surface area contributed by atoms with Gasteiger partial charge in [-0.05, 0) is 12.8 Å². The minimum Gasteiger partial charge on any atom is -0.293 e. The Bertz CT molecular complexity index is 373. The minimum atomic E-state index is 0.0717. The zero-order valence-electron chi connectivity index (χ0n) is 8.89. The molecule has 1 aromatic heterocycles. The number of fused-ring (bicyclic) bond motifs is 1. The first-order chi connectivity index (χ1) is 6.48. The second-order valence-electron chi connectivity index (χ2n) is 4.82. The molecule has 1 aromatic rings. The summed E-state index contributed by atoms with van der Waals surface area (Å²) in [4.78, 5) is 17.1. The number of ketones is 1. The Balaban J connectivity index is 2.45. The first kappa shape index (κ1) is 9.84. The summed E-state index contributed by atoms with van der Waals surface area (Å²) in [5.74, 6) is 0.291. The molecule has 1 aliphatic carbocycles. The molecule has 0 unspecified atom stereocenters. The Kier molecular flexibility index (Phi) is 2.22. The van der Waals surface area contributed by atoms with E-state index in [-0.39, 0.29) is 5.41 Å². The highest BCUT2D eigenvalue weighted by Crippen LogP contribution is 2.33. The predicted molar refractivity (Wildman–Crippen MR) is 58.1 cm³/mol. The highest BCUT2D eigenvalue weighted by Gasteiger charge is 2.26. The van der Waals surface area contributed by atoms with Crippen molar-refractivity contribution in [3.8, 4) is 0 Å². The Hall–Kier alpha value is -0.700. The van der Waals surface area contributed by atoms with Crippen molar-refractivity contribution in [2.45, 2.75) is 45.4 Å². The van der Waals surface area contributed by atoms with Gasteiger partial charge in [0, 0.05) is 11.8 Å². The molecule has 0 spiro atoms. The van der Waals surface area contributed by atoms with Crippen LogP contribution in [-0.4, -0.2) is 10.8 Å². The molecular weight excluding hydrogens is 194 g/mol. The third kappa shape index (κ3) is 1.61. The number of carbonyl (C=O) groups is 1. The van der Waals surface area contributed by atoms with Crippen LogP contribution in [0, 0.1) is 0 Å². The molecule has 3 heteroatoms. The normalized spacial score (nSPS) is 16.9. The predicted octanol–water partition coefficient (Wildman–Crippen LogP) is 2.96. The quantitative estimate of drug-likeness (QED) is 0.657. The van der Waals surface area contributed by atoms with E-state index in [2.05, 4.69) is 25.8 Å². The van der Waals surface area contributed by atoms with E-state index in [1.165, 1.54) is 0 Å². The highest BCUT2D eigenvalue weighted by molar-refractivity contribution is 7.14. The number of nitrogens with zero attached hydrogens (tertiary/aromatic N) is 1. The number of aromatic nitrogens is 1. The smallest absolute Gasteiger partial charge is 0.174 e. The fourth-order valence-electron chi connectivity index (χ4n) is 1.59. The molecular formula is C11H15NOS. The van der Waals surface area contributed by atoms with Crippen LogP contribution < -0.4 is 0 Å². The van der Waals surface area contributed by atoms with Gasteiger partial charge in [-0.15, -0.1) is 11.3 Å². The van der Waals surface area contributed by atoms with E-state index in [1.807, 2.05) is 0 Å². The lowest BCUT2D eigenvalue weighted by molar-refractivity contribution is 0.0976. The standard InChI is InChI=1S/C11H15NOS/c1-11(2,3)10-12-7-5-4-6-8(13)9(7)14-10/h4-6H2,1-3H3.